The maximum atomic E-state index is 10.9. The molecule has 0 aliphatic carbocycles. The fraction of sp³-hybridized carbons (Fsp3) is 0.545. The molecule has 0 saturated carbocycles. The van der Waals surface area contributed by atoms with Crippen LogP contribution in [-0.4, -0.2) is 38.6 Å². The SMILES string of the molecule is COC1=C(OC)C(O)C(CC=C(C)CCc2ccccc2)C(C)COC1. The molecular weight excluding hydrogens is 328 g/mol. The van der Waals surface area contributed by atoms with Gasteiger partial charge in [-0.3, -0.25) is 0 Å². The molecule has 3 unspecified atom stereocenters. The molecule has 1 aliphatic heterocycles. The van der Waals surface area contributed by atoms with Crippen molar-refractivity contribution in [3.63, 3.8) is 0 Å². The summed E-state index contributed by atoms with van der Waals surface area (Å²) in [5.41, 5.74) is 2.69. The zero-order valence-corrected chi connectivity index (χ0v) is 16.4. The number of benzene rings is 1. The number of aliphatic hydroxyl groups is 1. The van der Waals surface area contributed by atoms with Crippen molar-refractivity contribution >= 4 is 0 Å². The van der Waals surface area contributed by atoms with Crippen LogP contribution in [0.3, 0.4) is 0 Å². The maximum absolute atomic E-state index is 10.9. The van der Waals surface area contributed by atoms with Crippen molar-refractivity contribution < 1.29 is 19.3 Å². The Morgan fingerprint density at radius 2 is 1.96 bits per heavy atom. The second-order valence-electron chi connectivity index (χ2n) is 7.07. The minimum absolute atomic E-state index is 0.0297. The van der Waals surface area contributed by atoms with Gasteiger partial charge in [0.1, 0.15) is 12.7 Å². The summed E-state index contributed by atoms with van der Waals surface area (Å²) < 4.78 is 16.5. The predicted octanol–water partition coefficient (Wildman–Crippen LogP) is 4.10. The second kappa shape index (κ2) is 10.4. The highest BCUT2D eigenvalue weighted by Gasteiger charge is 2.32. The van der Waals surface area contributed by atoms with Crippen LogP contribution in [0.25, 0.3) is 0 Å². The van der Waals surface area contributed by atoms with Crippen molar-refractivity contribution in [2.24, 2.45) is 11.8 Å². The van der Waals surface area contributed by atoms with Gasteiger partial charge in [0.05, 0.1) is 20.8 Å². The number of rotatable bonds is 7. The van der Waals surface area contributed by atoms with E-state index in [-0.39, 0.29) is 11.8 Å². The van der Waals surface area contributed by atoms with Crippen LogP contribution in [0.4, 0.5) is 0 Å². The molecule has 0 radical (unpaired) electrons. The lowest BCUT2D eigenvalue weighted by Crippen LogP contribution is -2.34. The van der Waals surface area contributed by atoms with Crippen LogP contribution in [0.2, 0.25) is 0 Å². The van der Waals surface area contributed by atoms with Crippen LogP contribution in [-0.2, 0) is 20.6 Å². The Kier molecular flexibility index (Phi) is 8.20. The van der Waals surface area contributed by atoms with Gasteiger partial charge >= 0.3 is 0 Å². The van der Waals surface area contributed by atoms with Gasteiger partial charge in [0.15, 0.2) is 11.5 Å². The molecule has 0 bridgehead atoms. The molecule has 3 atom stereocenters. The summed E-state index contributed by atoms with van der Waals surface area (Å²) in [5.74, 6) is 1.31. The first-order valence-corrected chi connectivity index (χ1v) is 9.33. The first-order valence-electron chi connectivity index (χ1n) is 9.33. The van der Waals surface area contributed by atoms with Gasteiger partial charge in [-0.05, 0) is 37.7 Å². The van der Waals surface area contributed by atoms with E-state index in [0.29, 0.717) is 24.7 Å². The highest BCUT2D eigenvalue weighted by atomic mass is 16.5. The van der Waals surface area contributed by atoms with E-state index < -0.39 is 6.10 Å². The van der Waals surface area contributed by atoms with E-state index in [9.17, 15) is 5.11 Å². The molecule has 1 aromatic carbocycles. The largest absolute Gasteiger partial charge is 0.495 e. The number of ether oxygens (including phenoxy) is 3. The zero-order chi connectivity index (χ0) is 18.9. The first-order chi connectivity index (χ1) is 12.6. The van der Waals surface area contributed by atoms with E-state index in [4.69, 9.17) is 14.2 Å². The molecule has 1 heterocycles. The van der Waals surface area contributed by atoms with E-state index in [1.54, 1.807) is 14.2 Å². The van der Waals surface area contributed by atoms with Gasteiger partial charge in [0, 0.05) is 5.92 Å². The molecule has 1 aliphatic rings. The fourth-order valence-corrected chi connectivity index (χ4v) is 3.38. The predicted molar refractivity (Wildman–Crippen MR) is 104 cm³/mol. The number of hydrogen-bond acceptors (Lipinski definition) is 4. The number of aryl methyl sites for hydroxylation is 1. The topological polar surface area (TPSA) is 47.9 Å². The highest BCUT2D eigenvalue weighted by molar-refractivity contribution is 5.17. The third-order valence-corrected chi connectivity index (χ3v) is 5.15. The van der Waals surface area contributed by atoms with Gasteiger partial charge < -0.3 is 19.3 Å². The molecule has 0 aromatic heterocycles. The monoisotopic (exact) mass is 360 g/mol. The summed E-state index contributed by atoms with van der Waals surface area (Å²) in [6, 6.07) is 10.5. The molecule has 1 aromatic rings. The van der Waals surface area contributed by atoms with E-state index >= 15 is 0 Å². The average molecular weight is 360 g/mol. The molecule has 4 nitrogen and oxygen atoms in total. The van der Waals surface area contributed by atoms with Crippen LogP contribution in [0, 0.1) is 11.8 Å². The summed E-state index contributed by atoms with van der Waals surface area (Å²) in [5, 5.41) is 10.9. The van der Waals surface area contributed by atoms with Crippen molar-refractivity contribution in [3.8, 4) is 0 Å². The molecule has 0 spiro atoms. The molecular formula is C22H32O4. The Morgan fingerprint density at radius 1 is 1.23 bits per heavy atom. The van der Waals surface area contributed by atoms with E-state index in [0.717, 1.165) is 19.3 Å². The quantitative estimate of drug-likeness (QED) is 0.744. The lowest BCUT2D eigenvalue weighted by Gasteiger charge is -2.32. The average Bonchev–Trinajstić information content (AvgIpc) is 2.65. The third kappa shape index (κ3) is 5.61. The van der Waals surface area contributed by atoms with Crippen molar-refractivity contribution in [2.75, 3.05) is 27.4 Å². The van der Waals surface area contributed by atoms with Crippen molar-refractivity contribution in [1.82, 2.24) is 0 Å². The summed E-state index contributed by atoms with van der Waals surface area (Å²) in [6.07, 6.45) is 4.40. The summed E-state index contributed by atoms with van der Waals surface area (Å²) in [4.78, 5) is 0. The third-order valence-electron chi connectivity index (χ3n) is 5.15. The molecule has 0 amide bonds. The van der Waals surface area contributed by atoms with Crippen LogP contribution >= 0.6 is 0 Å². The van der Waals surface area contributed by atoms with Gasteiger partial charge in [0.25, 0.3) is 0 Å². The lowest BCUT2D eigenvalue weighted by atomic mass is 9.84. The van der Waals surface area contributed by atoms with Gasteiger partial charge in [-0.1, -0.05) is 48.9 Å². The number of hydrogen-bond donors (Lipinski definition) is 1. The van der Waals surface area contributed by atoms with Gasteiger partial charge in [0.2, 0.25) is 0 Å². The van der Waals surface area contributed by atoms with E-state index in [2.05, 4.69) is 44.2 Å². The highest BCUT2D eigenvalue weighted by Crippen LogP contribution is 2.30. The Morgan fingerprint density at radius 3 is 2.62 bits per heavy atom. The van der Waals surface area contributed by atoms with E-state index in [1.165, 1.54) is 11.1 Å². The molecule has 4 heteroatoms. The number of aliphatic hydroxyl groups excluding tert-OH is 1. The normalized spacial score (nSPS) is 24.8. The van der Waals surface area contributed by atoms with Gasteiger partial charge in [-0.2, -0.15) is 0 Å². The van der Waals surface area contributed by atoms with Crippen LogP contribution < -0.4 is 0 Å². The van der Waals surface area contributed by atoms with Gasteiger partial charge in [-0.15, -0.1) is 0 Å². The van der Waals surface area contributed by atoms with Crippen LogP contribution in [0.1, 0.15) is 32.3 Å². The van der Waals surface area contributed by atoms with Crippen molar-refractivity contribution in [2.45, 2.75) is 39.2 Å². The minimum atomic E-state index is -0.688. The molecule has 0 fully saturated rings. The smallest absolute Gasteiger partial charge is 0.164 e. The minimum Gasteiger partial charge on any atom is -0.495 e. The zero-order valence-electron chi connectivity index (χ0n) is 16.4. The number of methoxy groups -OCH3 is 2. The summed E-state index contributed by atoms with van der Waals surface area (Å²) in [7, 11) is 3.15. The lowest BCUT2D eigenvalue weighted by molar-refractivity contribution is -0.00956. The second-order valence-corrected chi connectivity index (χ2v) is 7.07. The van der Waals surface area contributed by atoms with Crippen molar-refractivity contribution in [1.29, 1.82) is 0 Å². The summed E-state index contributed by atoms with van der Waals surface area (Å²) >= 11 is 0. The summed E-state index contributed by atoms with van der Waals surface area (Å²) in [6.45, 7) is 5.21. The Labute approximate surface area is 157 Å². The van der Waals surface area contributed by atoms with Gasteiger partial charge in [-0.25, -0.2) is 0 Å². The van der Waals surface area contributed by atoms with E-state index in [1.807, 2.05) is 6.07 Å². The standard InChI is InChI=1S/C22H32O4/c1-16(10-12-18-8-6-5-7-9-18)11-13-19-17(2)14-26-15-20(24-3)22(25-4)21(19)23/h5-9,11,17,19,21,23H,10,12-15H2,1-4H3. The molecule has 1 N–H and O–H groups in total. The molecule has 26 heavy (non-hydrogen) atoms. The Bertz CT molecular complexity index is 606. The first kappa shape index (κ1) is 20.5. The fourth-order valence-electron chi connectivity index (χ4n) is 3.38. The van der Waals surface area contributed by atoms with Crippen LogP contribution in [0.15, 0.2) is 53.5 Å². The Hall–Kier alpha value is -1.78. The maximum Gasteiger partial charge on any atom is 0.164 e. The molecule has 0 saturated heterocycles. The Balaban J connectivity index is 2.04. The molecule has 144 valence electrons. The van der Waals surface area contributed by atoms with Crippen molar-refractivity contribution in [3.05, 3.63) is 59.1 Å². The number of allylic oxidation sites excluding steroid dienone is 2. The van der Waals surface area contributed by atoms with Crippen LogP contribution in [0.5, 0.6) is 0 Å². The molecule has 2 rings (SSSR count).